The van der Waals surface area contributed by atoms with Crippen molar-refractivity contribution in [3.05, 3.63) is 35.9 Å². The van der Waals surface area contributed by atoms with E-state index in [4.69, 9.17) is 10.5 Å². The van der Waals surface area contributed by atoms with Crippen LogP contribution in [0.2, 0.25) is 0 Å². The van der Waals surface area contributed by atoms with Gasteiger partial charge in [0, 0.05) is 29.2 Å². The van der Waals surface area contributed by atoms with Crippen LogP contribution in [0.5, 0.6) is 0 Å². The number of carbonyl (C=O) groups is 2. The van der Waals surface area contributed by atoms with Crippen LogP contribution >= 0.6 is 0 Å². The van der Waals surface area contributed by atoms with E-state index < -0.39 is 23.7 Å². The Hall–Kier alpha value is -2.70. The molecule has 1 aromatic carbocycles. The number of pyridine rings is 1. The monoisotopic (exact) mass is 317 g/mol. The summed E-state index contributed by atoms with van der Waals surface area (Å²) >= 11 is 0. The number of esters is 1. The lowest BCUT2D eigenvalue weighted by Crippen LogP contribution is -2.41. The summed E-state index contributed by atoms with van der Waals surface area (Å²) in [5.74, 6) is -1.38. The summed E-state index contributed by atoms with van der Waals surface area (Å²) in [6.07, 6.45) is 2.59. The maximum atomic E-state index is 14.0. The zero-order chi connectivity index (χ0) is 16.6. The van der Waals surface area contributed by atoms with Crippen LogP contribution in [0.3, 0.4) is 0 Å². The van der Waals surface area contributed by atoms with Gasteiger partial charge in [-0.05, 0) is 31.0 Å². The molecular weight excluding hydrogens is 301 g/mol. The summed E-state index contributed by atoms with van der Waals surface area (Å²) in [5, 5.41) is 0.505. The molecule has 6 nitrogen and oxygen atoms in total. The Morgan fingerprint density at radius 3 is 2.91 bits per heavy atom. The number of ether oxygens (including phenoxy) is 1. The molecule has 3 rings (SSSR count). The molecule has 2 aromatic rings. The van der Waals surface area contributed by atoms with Gasteiger partial charge in [0.2, 0.25) is 0 Å². The van der Waals surface area contributed by atoms with Crippen LogP contribution in [-0.2, 0) is 9.53 Å². The van der Waals surface area contributed by atoms with E-state index in [1.165, 1.54) is 36.4 Å². The zero-order valence-electron chi connectivity index (χ0n) is 12.6. The maximum absolute atomic E-state index is 14.0. The van der Waals surface area contributed by atoms with Crippen molar-refractivity contribution in [2.45, 2.75) is 18.9 Å². The third kappa shape index (κ3) is 2.48. The second-order valence-corrected chi connectivity index (χ2v) is 5.40. The van der Waals surface area contributed by atoms with E-state index in [0.717, 1.165) is 0 Å². The molecule has 7 heteroatoms. The molecule has 1 aromatic heterocycles. The number of fused-ring (bicyclic) bond motifs is 1. The van der Waals surface area contributed by atoms with Crippen LogP contribution in [-0.4, -0.2) is 41.5 Å². The third-order valence-corrected chi connectivity index (χ3v) is 4.10. The number of hydrogen-bond acceptors (Lipinski definition) is 5. The lowest BCUT2D eigenvalue weighted by atomic mass is 10.1. The Balaban J connectivity index is 2.08. The van der Waals surface area contributed by atoms with Gasteiger partial charge in [0.05, 0.1) is 7.11 Å². The normalized spacial score (nSPS) is 17.5. The van der Waals surface area contributed by atoms with Crippen molar-refractivity contribution >= 4 is 28.3 Å². The lowest BCUT2D eigenvalue weighted by molar-refractivity contribution is -0.145. The first-order chi connectivity index (χ1) is 11.0. The van der Waals surface area contributed by atoms with Gasteiger partial charge < -0.3 is 15.4 Å². The molecule has 1 aliphatic rings. The van der Waals surface area contributed by atoms with E-state index in [9.17, 15) is 14.0 Å². The van der Waals surface area contributed by atoms with E-state index in [1.54, 1.807) is 0 Å². The SMILES string of the molecule is COC(=O)C1CCCN1C(=O)c1nccc2c(F)ccc(N)c12. The molecule has 2 heterocycles. The minimum absolute atomic E-state index is 0.0512. The number of methoxy groups -OCH3 is 1. The van der Waals surface area contributed by atoms with Crippen LogP contribution < -0.4 is 5.73 Å². The van der Waals surface area contributed by atoms with E-state index in [-0.39, 0.29) is 22.2 Å². The van der Waals surface area contributed by atoms with Crippen molar-refractivity contribution in [2.24, 2.45) is 0 Å². The number of anilines is 1. The third-order valence-electron chi connectivity index (χ3n) is 4.10. The molecule has 2 N–H and O–H groups in total. The quantitative estimate of drug-likeness (QED) is 0.673. The molecule has 0 aliphatic carbocycles. The molecule has 1 aliphatic heterocycles. The molecule has 1 saturated heterocycles. The van der Waals surface area contributed by atoms with Crippen LogP contribution in [0.1, 0.15) is 23.3 Å². The first-order valence-corrected chi connectivity index (χ1v) is 7.26. The van der Waals surface area contributed by atoms with Crippen molar-refractivity contribution in [3.8, 4) is 0 Å². The number of nitrogens with zero attached hydrogens (tertiary/aromatic N) is 2. The van der Waals surface area contributed by atoms with Gasteiger partial charge in [-0.25, -0.2) is 9.18 Å². The molecule has 0 saturated carbocycles. The average molecular weight is 317 g/mol. The highest BCUT2D eigenvalue weighted by atomic mass is 19.1. The predicted molar refractivity (Wildman–Crippen MR) is 82.2 cm³/mol. The number of benzene rings is 1. The number of carbonyl (C=O) groups excluding carboxylic acids is 2. The van der Waals surface area contributed by atoms with Crippen molar-refractivity contribution in [1.29, 1.82) is 0 Å². The van der Waals surface area contributed by atoms with Crippen molar-refractivity contribution in [2.75, 3.05) is 19.4 Å². The Morgan fingerprint density at radius 1 is 1.39 bits per heavy atom. The average Bonchev–Trinajstić information content (AvgIpc) is 3.06. The van der Waals surface area contributed by atoms with Crippen LogP contribution in [0, 0.1) is 5.82 Å². The summed E-state index contributed by atoms with van der Waals surface area (Å²) < 4.78 is 18.7. The molecule has 120 valence electrons. The standard InChI is InChI=1S/C16H16FN3O3/c1-23-16(22)12-3-2-8-20(12)15(21)14-13-9(6-7-19-14)10(17)4-5-11(13)18/h4-7,12H,2-3,8,18H2,1H3. The van der Waals surface area contributed by atoms with Gasteiger partial charge >= 0.3 is 5.97 Å². The Kier molecular flexibility index (Phi) is 3.85. The predicted octanol–water partition coefficient (Wildman–Crippen LogP) is 1.73. The van der Waals surface area contributed by atoms with E-state index in [1.807, 2.05) is 0 Å². The molecule has 1 fully saturated rings. The summed E-state index contributed by atoms with van der Waals surface area (Å²) in [7, 11) is 1.28. The highest BCUT2D eigenvalue weighted by Crippen LogP contribution is 2.29. The number of nitrogens with two attached hydrogens (primary N) is 1. The van der Waals surface area contributed by atoms with Crippen molar-refractivity contribution < 1.29 is 18.7 Å². The second kappa shape index (κ2) is 5.83. The van der Waals surface area contributed by atoms with E-state index >= 15 is 0 Å². The van der Waals surface area contributed by atoms with Gasteiger partial charge in [-0.3, -0.25) is 9.78 Å². The number of aromatic nitrogens is 1. The fraction of sp³-hybridized carbons (Fsp3) is 0.312. The van der Waals surface area contributed by atoms with Crippen LogP contribution in [0.25, 0.3) is 10.8 Å². The van der Waals surface area contributed by atoms with Gasteiger partial charge in [0.25, 0.3) is 5.91 Å². The Labute approximate surface area is 132 Å². The van der Waals surface area contributed by atoms with E-state index in [2.05, 4.69) is 4.98 Å². The zero-order valence-corrected chi connectivity index (χ0v) is 12.6. The molecule has 23 heavy (non-hydrogen) atoms. The minimum Gasteiger partial charge on any atom is -0.467 e. The number of halogens is 1. The molecule has 1 atom stereocenters. The molecule has 0 bridgehead atoms. The van der Waals surface area contributed by atoms with Gasteiger partial charge in [-0.2, -0.15) is 0 Å². The lowest BCUT2D eigenvalue weighted by Gasteiger charge is -2.23. The summed E-state index contributed by atoms with van der Waals surface area (Å²) in [6, 6.07) is 3.48. The number of likely N-dealkylation sites (tertiary alicyclic amines) is 1. The minimum atomic E-state index is -0.640. The second-order valence-electron chi connectivity index (χ2n) is 5.40. The highest BCUT2D eigenvalue weighted by Gasteiger charge is 2.36. The Morgan fingerprint density at radius 2 is 2.17 bits per heavy atom. The van der Waals surface area contributed by atoms with Crippen molar-refractivity contribution in [1.82, 2.24) is 9.88 Å². The summed E-state index contributed by atoms with van der Waals surface area (Å²) in [4.78, 5) is 30.2. The van der Waals surface area contributed by atoms with Crippen molar-refractivity contribution in [3.63, 3.8) is 0 Å². The molecule has 1 unspecified atom stereocenters. The number of amides is 1. The fourth-order valence-corrected chi connectivity index (χ4v) is 2.98. The van der Waals surface area contributed by atoms with Gasteiger partial charge in [0.15, 0.2) is 0 Å². The molecular formula is C16H16FN3O3. The summed E-state index contributed by atoms with van der Waals surface area (Å²) in [5.41, 5.74) is 6.24. The number of nitrogen functional groups attached to an aromatic ring is 1. The largest absolute Gasteiger partial charge is 0.467 e. The molecule has 0 spiro atoms. The smallest absolute Gasteiger partial charge is 0.328 e. The van der Waals surface area contributed by atoms with Gasteiger partial charge in [-0.15, -0.1) is 0 Å². The van der Waals surface area contributed by atoms with Crippen LogP contribution in [0.15, 0.2) is 24.4 Å². The first-order valence-electron chi connectivity index (χ1n) is 7.26. The fourth-order valence-electron chi connectivity index (χ4n) is 2.98. The maximum Gasteiger partial charge on any atom is 0.328 e. The molecule has 0 radical (unpaired) electrons. The topological polar surface area (TPSA) is 85.5 Å². The number of hydrogen-bond donors (Lipinski definition) is 1. The van der Waals surface area contributed by atoms with Crippen LogP contribution in [0.4, 0.5) is 10.1 Å². The highest BCUT2D eigenvalue weighted by molar-refractivity contribution is 6.10. The van der Waals surface area contributed by atoms with E-state index in [0.29, 0.717) is 19.4 Å². The first kappa shape index (κ1) is 15.2. The molecule has 1 amide bonds. The van der Waals surface area contributed by atoms with Gasteiger partial charge in [0.1, 0.15) is 17.6 Å². The number of rotatable bonds is 2. The Bertz CT molecular complexity index is 793. The van der Waals surface area contributed by atoms with Gasteiger partial charge in [-0.1, -0.05) is 0 Å². The summed E-state index contributed by atoms with van der Waals surface area (Å²) in [6.45, 7) is 0.423.